The monoisotopic (exact) mass is 580 g/mol. The second kappa shape index (κ2) is 14.9. The molecule has 0 fully saturated rings. The van der Waals surface area contributed by atoms with E-state index >= 15 is 0 Å². The van der Waals surface area contributed by atoms with E-state index < -0.39 is 24.0 Å². The largest absolute Gasteiger partial charge is 0.481 e. The lowest BCUT2D eigenvalue weighted by atomic mass is 10.1. The van der Waals surface area contributed by atoms with Crippen LogP contribution in [0.1, 0.15) is 48.0 Å². The minimum atomic E-state index is -1.29. The number of hydrogen-bond acceptors (Lipinski definition) is 5. The molecule has 9 N–H and O–H groups in total. The average Bonchev–Trinajstić information content (AvgIpc) is 2.74. The van der Waals surface area contributed by atoms with Gasteiger partial charge in [0.25, 0.3) is 5.91 Å². The number of urea groups is 1. The van der Waals surface area contributed by atoms with Crippen molar-refractivity contribution in [1.82, 2.24) is 16.0 Å². The van der Waals surface area contributed by atoms with Crippen LogP contribution in [0.4, 0.5) is 4.79 Å². The van der Waals surface area contributed by atoms with Crippen molar-refractivity contribution >= 4 is 52.4 Å². The summed E-state index contributed by atoms with van der Waals surface area (Å²) in [5, 5.41) is 25.2. The van der Waals surface area contributed by atoms with E-state index in [1.807, 2.05) is 0 Å². The number of nitrogens with one attached hydrogen (secondary N) is 3. The lowest BCUT2D eigenvalue weighted by Gasteiger charge is -2.14. The maximum Gasteiger partial charge on any atom is 0.326 e. The quantitative estimate of drug-likeness (QED) is 0.0715. The van der Waals surface area contributed by atoms with Crippen LogP contribution < -0.4 is 27.4 Å². The Morgan fingerprint density at radius 1 is 1.03 bits per heavy atom. The Balaban J connectivity index is 2.25. The zero-order chi connectivity index (χ0) is 24.8. The first-order valence-electron chi connectivity index (χ1n) is 10.2. The van der Waals surface area contributed by atoms with Gasteiger partial charge in [-0.3, -0.25) is 9.59 Å². The molecule has 1 aromatic carbocycles. The van der Waals surface area contributed by atoms with Crippen molar-refractivity contribution in [2.75, 3.05) is 13.1 Å². The second-order valence-corrected chi connectivity index (χ2v) is 8.25. The maximum atomic E-state index is 12.3. The number of hydrogen-bond donors (Lipinski definition) is 7. The van der Waals surface area contributed by atoms with Gasteiger partial charge in [-0.2, -0.15) is 0 Å². The van der Waals surface area contributed by atoms with Crippen LogP contribution in [-0.2, 0) is 16.1 Å². The van der Waals surface area contributed by atoms with Gasteiger partial charge in [0, 0.05) is 28.6 Å². The van der Waals surface area contributed by atoms with E-state index in [0.717, 1.165) is 15.6 Å². The number of nitrogens with zero attached hydrogens (tertiary/aromatic N) is 1. The normalized spacial score (nSPS) is 11.2. The van der Waals surface area contributed by atoms with Gasteiger partial charge in [0.1, 0.15) is 6.04 Å². The number of aliphatic carboxylic acids is 2. The van der Waals surface area contributed by atoms with Crippen molar-refractivity contribution in [3.8, 4) is 0 Å². The van der Waals surface area contributed by atoms with E-state index in [2.05, 4.69) is 43.5 Å². The molecule has 1 rings (SSSR count). The third-order valence-corrected chi connectivity index (χ3v) is 5.43. The molecular weight excluding hydrogens is 551 g/mol. The third-order valence-electron chi connectivity index (χ3n) is 4.42. The summed E-state index contributed by atoms with van der Waals surface area (Å²) in [4.78, 5) is 49.6. The number of carboxylic acid groups (broad SMARTS) is 2. The number of benzene rings is 1. The van der Waals surface area contributed by atoms with Crippen molar-refractivity contribution in [1.29, 1.82) is 0 Å². The van der Waals surface area contributed by atoms with Gasteiger partial charge in [-0.1, -0.05) is 6.07 Å². The summed E-state index contributed by atoms with van der Waals surface area (Å²) in [7, 11) is 0. The standard InChI is InChI=1S/C20H29IN6O6/c21-14-10-12(4-5-13(14)11-26-19(22)23)17(30)24-8-2-1-3-9-25-20(33)27-15(18(31)32)6-7-16(28)29/h4-5,10,15H,1-3,6-9,11H2,(H,24,30)(H,28,29)(H,31,32)(H4,22,23,26)(H2,25,27,33)/t15-/m0/s1/i21+4. The van der Waals surface area contributed by atoms with Crippen LogP contribution in [-0.4, -0.2) is 59.2 Å². The fourth-order valence-corrected chi connectivity index (χ4v) is 3.35. The highest BCUT2D eigenvalue weighted by Crippen LogP contribution is 2.16. The molecule has 0 bridgehead atoms. The van der Waals surface area contributed by atoms with Crippen LogP contribution in [0.15, 0.2) is 23.2 Å². The lowest BCUT2D eigenvalue weighted by molar-refractivity contribution is -0.140. The van der Waals surface area contributed by atoms with Crippen LogP contribution in [0, 0.1) is 3.57 Å². The van der Waals surface area contributed by atoms with E-state index in [-0.39, 0.29) is 24.7 Å². The molecule has 0 saturated carbocycles. The summed E-state index contributed by atoms with van der Waals surface area (Å²) in [6, 6.07) is 3.34. The molecule has 33 heavy (non-hydrogen) atoms. The zero-order valence-electron chi connectivity index (χ0n) is 18.0. The number of rotatable bonds is 14. The molecule has 1 aromatic rings. The fourth-order valence-electron chi connectivity index (χ4n) is 2.66. The summed E-state index contributed by atoms with van der Waals surface area (Å²) in [5.74, 6) is -2.62. The summed E-state index contributed by atoms with van der Waals surface area (Å²) < 4.78 is 0.877. The van der Waals surface area contributed by atoms with Crippen LogP contribution in [0.25, 0.3) is 0 Å². The first kappa shape index (κ1) is 27.9. The van der Waals surface area contributed by atoms with Gasteiger partial charge in [-0.05, 0) is 66.0 Å². The number of carbonyl (C=O) groups excluding carboxylic acids is 2. The number of carboxylic acids is 2. The molecule has 3 amide bonds. The van der Waals surface area contributed by atoms with E-state index in [4.69, 9.17) is 21.7 Å². The van der Waals surface area contributed by atoms with Gasteiger partial charge in [-0.25, -0.2) is 14.6 Å². The Hall–Kier alpha value is -3.10. The van der Waals surface area contributed by atoms with E-state index in [1.165, 1.54) is 0 Å². The summed E-state index contributed by atoms with van der Waals surface area (Å²) >= 11 is 2.12. The molecule has 0 aromatic heterocycles. The number of nitrogens with two attached hydrogens (primary N) is 2. The molecule has 0 aliphatic carbocycles. The molecule has 182 valence electrons. The van der Waals surface area contributed by atoms with Gasteiger partial charge in [0.15, 0.2) is 5.96 Å². The van der Waals surface area contributed by atoms with Crippen molar-refractivity contribution < 1.29 is 29.4 Å². The fraction of sp³-hybridized carbons (Fsp3) is 0.450. The Bertz CT molecular complexity index is 875. The van der Waals surface area contributed by atoms with E-state index in [0.29, 0.717) is 38.0 Å². The average molecular weight is 580 g/mol. The predicted octanol–water partition coefficient (Wildman–Crippen LogP) is 0.582. The van der Waals surface area contributed by atoms with Gasteiger partial charge in [0.2, 0.25) is 0 Å². The molecular formula is C20H29IN6O6. The Kier molecular flexibility index (Phi) is 12.6. The molecule has 13 heteroatoms. The Morgan fingerprint density at radius 2 is 1.70 bits per heavy atom. The van der Waals surface area contributed by atoms with Crippen LogP contribution >= 0.6 is 22.6 Å². The highest BCUT2D eigenvalue weighted by molar-refractivity contribution is 14.1. The molecule has 0 aliphatic rings. The zero-order valence-corrected chi connectivity index (χ0v) is 20.1. The van der Waals surface area contributed by atoms with Gasteiger partial charge < -0.3 is 37.6 Å². The van der Waals surface area contributed by atoms with Gasteiger partial charge >= 0.3 is 18.0 Å². The molecule has 0 radical (unpaired) electrons. The van der Waals surface area contributed by atoms with Crippen LogP contribution in [0.2, 0.25) is 0 Å². The highest BCUT2D eigenvalue weighted by atomic mass is 131. The van der Waals surface area contributed by atoms with Crippen molar-refractivity contribution in [2.24, 2.45) is 16.5 Å². The first-order valence-corrected chi connectivity index (χ1v) is 11.3. The summed E-state index contributed by atoms with van der Waals surface area (Å²) in [6.45, 7) is 1.13. The van der Waals surface area contributed by atoms with Gasteiger partial charge in [0.05, 0.1) is 6.54 Å². The molecule has 0 saturated heterocycles. The number of aliphatic imine (C=N–C) groups is 1. The Morgan fingerprint density at radius 3 is 2.27 bits per heavy atom. The molecule has 1 atom stereocenters. The molecule has 0 spiro atoms. The number of halogens is 1. The minimum Gasteiger partial charge on any atom is -0.481 e. The first-order chi connectivity index (χ1) is 15.6. The Labute approximate surface area is 204 Å². The third kappa shape index (κ3) is 11.9. The lowest BCUT2D eigenvalue weighted by Crippen LogP contribution is -2.46. The topological polar surface area (TPSA) is 209 Å². The molecule has 12 nitrogen and oxygen atoms in total. The summed E-state index contributed by atoms with van der Waals surface area (Å²) in [5.41, 5.74) is 12.1. The van der Waals surface area contributed by atoms with E-state index in [1.54, 1.807) is 18.2 Å². The number of guanidine groups is 1. The van der Waals surface area contributed by atoms with Crippen molar-refractivity contribution in [3.05, 3.63) is 32.9 Å². The van der Waals surface area contributed by atoms with Crippen LogP contribution in [0.5, 0.6) is 0 Å². The SMILES string of the molecule is NC(N)=NCc1ccc(C(=O)NCCCCCNC(=O)N[C@@H](CCC(=O)O)C(=O)O)cc1[131I]. The molecule has 0 unspecified atom stereocenters. The second-order valence-electron chi connectivity index (χ2n) is 7.09. The maximum absolute atomic E-state index is 12.3. The predicted molar refractivity (Wildman–Crippen MR) is 130 cm³/mol. The summed E-state index contributed by atoms with van der Waals surface area (Å²) in [6.07, 6.45) is 1.51. The smallest absolute Gasteiger partial charge is 0.326 e. The van der Waals surface area contributed by atoms with Crippen molar-refractivity contribution in [2.45, 2.75) is 44.7 Å². The van der Waals surface area contributed by atoms with Crippen molar-refractivity contribution in [3.63, 3.8) is 0 Å². The minimum absolute atomic E-state index is 0.00337. The van der Waals surface area contributed by atoms with E-state index in [9.17, 15) is 19.2 Å². The number of amides is 3. The number of carbonyl (C=O) groups is 4. The molecule has 0 heterocycles. The van der Waals surface area contributed by atoms with Gasteiger partial charge in [-0.15, -0.1) is 0 Å². The van der Waals surface area contributed by atoms with Crippen LogP contribution in [0.3, 0.4) is 0 Å². The highest BCUT2D eigenvalue weighted by Gasteiger charge is 2.20. The number of unbranched alkanes of at least 4 members (excludes halogenated alkanes) is 2. The molecule has 0 aliphatic heterocycles.